The molecule has 22 heavy (non-hydrogen) atoms. The van der Waals surface area contributed by atoms with Gasteiger partial charge in [-0.05, 0) is 20.8 Å². The summed E-state index contributed by atoms with van der Waals surface area (Å²) >= 11 is 0. The molecule has 7 nitrogen and oxygen atoms in total. The monoisotopic (exact) mass is 317 g/mol. The standard InChI is InChI=1S/C14H20FNO6/c1-6-4-16(5-7(2)22-6)14(20,21)9-10(15)8(3)11(17)13(19)12(9)18/h6-7,17-21H,4-5H2,1-3H3. The first kappa shape index (κ1) is 16.8. The molecule has 2 atom stereocenters. The lowest BCUT2D eigenvalue weighted by atomic mass is 10.0. The van der Waals surface area contributed by atoms with Crippen molar-refractivity contribution in [1.82, 2.24) is 4.90 Å². The van der Waals surface area contributed by atoms with Crippen LogP contribution >= 0.6 is 0 Å². The Morgan fingerprint density at radius 3 is 2.05 bits per heavy atom. The molecule has 2 unspecified atom stereocenters. The minimum atomic E-state index is -2.86. The number of halogens is 1. The Balaban J connectivity index is 2.54. The molecule has 1 heterocycles. The fraction of sp³-hybridized carbons (Fsp3) is 0.571. The lowest BCUT2D eigenvalue weighted by Crippen LogP contribution is -2.56. The Hall–Kier alpha value is -1.61. The number of phenols is 3. The number of aliphatic hydroxyl groups is 2. The maximum atomic E-state index is 14.3. The van der Waals surface area contributed by atoms with Gasteiger partial charge in [0.25, 0.3) is 5.91 Å². The van der Waals surface area contributed by atoms with E-state index < -0.39 is 40.1 Å². The van der Waals surface area contributed by atoms with Crippen molar-refractivity contribution >= 4 is 0 Å². The van der Waals surface area contributed by atoms with Crippen LogP contribution in [0.25, 0.3) is 0 Å². The first-order valence-corrected chi connectivity index (χ1v) is 6.86. The van der Waals surface area contributed by atoms with Crippen LogP contribution in [0.1, 0.15) is 25.0 Å². The summed E-state index contributed by atoms with van der Waals surface area (Å²) in [4.78, 5) is 1.12. The molecular formula is C14H20FNO6. The van der Waals surface area contributed by atoms with Gasteiger partial charge in [0.1, 0.15) is 11.4 Å². The molecule has 0 spiro atoms. The van der Waals surface area contributed by atoms with Crippen molar-refractivity contribution in [3.63, 3.8) is 0 Å². The second-order valence-corrected chi connectivity index (χ2v) is 5.66. The molecule has 0 aliphatic carbocycles. The summed E-state index contributed by atoms with van der Waals surface area (Å²) in [6.07, 6.45) is -0.668. The molecule has 1 fully saturated rings. The molecule has 2 rings (SSSR count). The van der Waals surface area contributed by atoms with E-state index in [9.17, 15) is 29.9 Å². The van der Waals surface area contributed by atoms with Crippen molar-refractivity contribution in [1.29, 1.82) is 0 Å². The van der Waals surface area contributed by atoms with Gasteiger partial charge in [0.2, 0.25) is 5.75 Å². The van der Waals surface area contributed by atoms with Gasteiger partial charge >= 0.3 is 0 Å². The molecule has 0 radical (unpaired) electrons. The zero-order valence-corrected chi connectivity index (χ0v) is 12.5. The van der Waals surface area contributed by atoms with E-state index in [1.165, 1.54) is 0 Å². The van der Waals surface area contributed by atoms with Crippen LogP contribution in [-0.4, -0.2) is 55.7 Å². The van der Waals surface area contributed by atoms with Gasteiger partial charge in [0.05, 0.1) is 12.2 Å². The molecule has 1 aliphatic heterocycles. The molecule has 0 saturated carbocycles. The third-order valence-corrected chi connectivity index (χ3v) is 3.79. The van der Waals surface area contributed by atoms with Gasteiger partial charge in [-0.3, -0.25) is 0 Å². The first-order valence-electron chi connectivity index (χ1n) is 6.86. The van der Waals surface area contributed by atoms with Crippen molar-refractivity contribution < 1.29 is 34.7 Å². The normalized spacial score (nSPS) is 23.7. The molecule has 1 aromatic carbocycles. The van der Waals surface area contributed by atoms with E-state index in [0.29, 0.717) is 0 Å². The summed E-state index contributed by atoms with van der Waals surface area (Å²) in [5.74, 6) is -7.04. The van der Waals surface area contributed by atoms with E-state index in [2.05, 4.69) is 0 Å². The maximum absolute atomic E-state index is 14.3. The van der Waals surface area contributed by atoms with Gasteiger partial charge in [-0.25, -0.2) is 9.29 Å². The zero-order valence-electron chi connectivity index (χ0n) is 12.5. The maximum Gasteiger partial charge on any atom is 0.260 e. The Morgan fingerprint density at radius 2 is 1.55 bits per heavy atom. The van der Waals surface area contributed by atoms with Crippen LogP contribution in [0.2, 0.25) is 0 Å². The van der Waals surface area contributed by atoms with Crippen LogP contribution in [0.15, 0.2) is 0 Å². The highest BCUT2D eigenvalue weighted by Crippen LogP contribution is 2.46. The number of hydrogen-bond donors (Lipinski definition) is 5. The van der Waals surface area contributed by atoms with Crippen molar-refractivity contribution in [2.24, 2.45) is 0 Å². The van der Waals surface area contributed by atoms with Crippen molar-refractivity contribution in [3.8, 4) is 17.2 Å². The van der Waals surface area contributed by atoms with Crippen LogP contribution in [0.4, 0.5) is 4.39 Å². The molecule has 0 aromatic heterocycles. The van der Waals surface area contributed by atoms with Crippen molar-refractivity contribution in [2.75, 3.05) is 13.1 Å². The fourth-order valence-corrected chi connectivity index (χ4v) is 2.70. The van der Waals surface area contributed by atoms with Crippen LogP contribution in [0, 0.1) is 12.7 Å². The quantitative estimate of drug-likeness (QED) is 0.397. The van der Waals surface area contributed by atoms with Crippen LogP contribution in [-0.2, 0) is 10.6 Å². The number of rotatable bonds is 2. The lowest BCUT2D eigenvalue weighted by molar-refractivity contribution is -0.300. The van der Waals surface area contributed by atoms with Gasteiger partial charge in [-0.15, -0.1) is 0 Å². The number of benzene rings is 1. The molecule has 124 valence electrons. The minimum absolute atomic E-state index is 0.0803. The van der Waals surface area contributed by atoms with Gasteiger partial charge in [0.15, 0.2) is 11.5 Å². The van der Waals surface area contributed by atoms with Crippen molar-refractivity contribution in [3.05, 3.63) is 16.9 Å². The smallest absolute Gasteiger partial charge is 0.260 e. The molecule has 1 aliphatic rings. The third-order valence-electron chi connectivity index (χ3n) is 3.79. The minimum Gasteiger partial charge on any atom is -0.504 e. The van der Waals surface area contributed by atoms with Gasteiger partial charge in [-0.2, -0.15) is 0 Å². The summed E-state index contributed by atoms with van der Waals surface area (Å²) in [5, 5.41) is 49.7. The summed E-state index contributed by atoms with van der Waals surface area (Å²) in [7, 11) is 0. The van der Waals surface area contributed by atoms with Crippen LogP contribution in [0.3, 0.4) is 0 Å². The summed E-state index contributed by atoms with van der Waals surface area (Å²) in [6, 6.07) is 0. The number of nitrogens with zero attached hydrogens (tertiary/aromatic N) is 1. The van der Waals surface area contributed by atoms with E-state index in [-0.39, 0.29) is 25.3 Å². The van der Waals surface area contributed by atoms with E-state index in [1.54, 1.807) is 13.8 Å². The number of phenolic OH excluding ortho intramolecular Hbond substituents is 3. The molecule has 1 saturated heterocycles. The highest BCUT2D eigenvalue weighted by atomic mass is 19.1. The van der Waals surface area contributed by atoms with Gasteiger partial charge in [0, 0.05) is 18.7 Å². The molecular weight excluding hydrogens is 297 g/mol. The number of ether oxygens (including phenoxy) is 1. The van der Waals surface area contributed by atoms with E-state index in [0.717, 1.165) is 11.8 Å². The Bertz CT molecular complexity index is 552. The summed E-state index contributed by atoms with van der Waals surface area (Å²) in [6.45, 7) is 4.74. The molecule has 1 aromatic rings. The predicted molar refractivity (Wildman–Crippen MR) is 73.8 cm³/mol. The van der Waals surface area contributed by atoms with E-state index >= 15 is 0 Å². The molecule has 5 N–H and O–H groups in total. The van der Waals surface area contributed by atoms with Crippen LogP contribution < -0.4 is 0 Å². The number of aromatic hydroxyl groups is 3. The average Bonchev–Trinajstić information content (AvgIpc) is 2.42. The number of hydrogen-bond acceptors (Lipinski definition) is 7. The van der Waals surface area contributed by atoms with Gasteiger partial charge < -0.3 is 30.3 Å². The van der Waals surface area contributed by atoms with Crippen LogP contribution in [0.5, 0.6) is 17.2 Å². The first-order chi connectivity index (χ1) is 10.1. The Labute approximate surface area is 126 Å². The number of morpholine rings is 1. The Kier molecular flexibility index (Phi) is 4.22. The Morgan fingerprint density at radius 1 is 1.05 bits per heavy atom. The topological polar surface area (TPSA) is 114 Å². The highest BCUT2D eigenvalue weighted by molar-refractivity contribution is 5.59. The van der Waals surface area contributed by atoms with E-state index in [4.69, 9.17) is 4.74 Å². The average molecular weight is 317 g/mol. The lowest BCUT2D eigenvalue weighted by Gasteiger charge is -2.42. The molecule has 0 amide bonds. The van der Waals surface area contributed by atoms with Gasteiger partial charge in [-0.1, -0.05) is 0 Å². The fourth-order valence-electron chi connectivity index (χ4n) is 2.70. The van der Waals surface area contributed by atoms with E-state index in [1.807, 2.05) is 0 Å². The molecule has 8 heteroatoms. The van der Waals surface area contributed by atoms with Crippen molar-refractivity contribution in [2.45, 2.75) is 38.9 Å². The third kappa shape index (κ3) is 2.58. The second-order valence-electron chi connectivity index (χ2n) is 5.66. The zero-order chi connectivity index (χ0) is 16.8. The summed E-state index contributed by atoms with van der Waals surface area (Å²) in [5.41, 5.74) is -1.30. The second kappa shape index (κ2) is 5.54. The summed E-state index contributed by atoms with van der Waals surface area (Å²) < 4.78 is 19.8. The SMILES string of the molecule is Cc1c(O)c(O)c(O)c(C(O)(O)N2CC(C)OC(C)C2)c1F. The largest absolute Gasteiger partial charge is 0.504 e. The highest BCUT2D eigenvalue weighted by Gasteiger charge is 2.44. The predicted octanol–water partition coefficient (Wildman–Crippen LogP) is 0.455. The molecule has 0 bridgehead atoms.